The standard InChI is InChI=1S/C17H21N3O3/c1-22-17(21)9-16-13-19(7-8-23-16)11-14-10-18-20(12-14)15-5-3-2-4-6-15/h2-6,10,12,16H,7-9,11,13H2,1H3/t16-/m0/s1. The molecule has 0 bridgehead atoms. The van der Waals surface area contributed by atoms with Crippen LogP contribution in [0.15, 0.2) is 42.7 Å². The van der Waals surface area contributed by atoms with Gasteiger partial charge in [0.1, 0.15) is 0 Å². The van der Waals surface area contributed by atoms with E-state index < -0.39 is 0 Å². The Morgan fingerprint density at radius 3 is 3.00 bits per heavy atom. The van der Waals surface area contributed by atoms with Crippen LogP contribution < -0.4 is 0 Å². The van der Waals surface area contributed by atoms with Gasteiger partial charge in [-0.3, -0.25) is 9.69 Å². The molecule has 6 heteroatoms. The van der Waals surface area contributed by atoms with E-state index in [1.807, 2.05) is 47.4 Å². The molecule has 0 spiro atoms. The highest BCUT2D eigenvalue weighted by atomic mass is 16.5. The number of esters is 1. The molecule has 1 atom stereocenters. The Morgan fingerprint density at radius 1 is 1.39 bits per heavy atom. The summed E-state index contributed by atoms with van der Waals surface area (Å²) in [4.78, 5) is 13.7. The molecule has 1 aromatic heterocycles. The van der Waals surface area contributed by atoms with Crippen LogP contribution in [0.1, 0.15) is 12.0 Å². The molecule has 0 unspecified atom stereocenters. The van der Waals surface area contributed by atoms with Crippen molar-refractivity contribution in [2.24, 2.45) is 0 Å². The number of ether oxygens (including phenoxy) is 2. The van der Waals surface area contributed by atoms with Gasteiger partial charge in [-0.2, -0.15) is 5.10 Å². The quantitative estimate of drug-likeness (QED) is 0.785. The zero-order valence-corrected chi connectivity index (χ0v) is 13.2. The minimum Gasteiger partial charge on any atom is -0.469 e. The van der Waals surface area contributed by atoms with Gasteiger partial charge in [-0.15, -0.1) is 0 Å². The lowest BCUT2D eigenvalue weighted by atomic mass is 10.2. The van der Waals surface area contributed by atoms with E-state index in [0.29, 0.717) is 13.0 Å². The number of methoxy groups -OCH3 is 1. The maximum Gasteiger partial charge on any atom is 0.308 e. The largest absolute Gasteiger partial charge is 0.469 e. The van der Waals surface area contributed by atoms with Gasteiger partial charge < -0.3 is 9.47 Å². The number of benzene rings is 1. The summed E-state index contributed by atoms with van der Waals surface area (Å²) in [6, 6.07) is 10.0. The fourth-order valence-corrected chi connectivity index (χ4v) is 2.74. The van der Waals surface area contributed by atoms with Gasteiger partial charge in [0.15, 0.2) is 0 Å². The third-order valence-corrected chi connectivity index (χ3v) is 3.91. The second-order valence-corrected chi connectivity index (χ2v) is 5.64. The van der Waals surface area contributed by atoms with Gasteiger partial charge in [0.25, 0.3) is 0 Å². The molecule has 0 N–H and O–H groups in total. The number of carbonyl (C=O) groups is 1. The SMILES string of the molecule is COC(=O)C[C@H]1CN(Cc2cnn(-c3ccccc3)c2)CCO1. The van der Waals surface area contributed by atoms with Gasteiger partial charge in [-0.25, -0.2) is 4.68 Å². The topological polar surface area (TPSA) is 56.6 Å². The van der Waals surface area contributed by atoms with Gasteiger partial charge in [-0.05, 0) is 12.1 Å². The molecule has 23 heavy (non-hydrogen) atoms. The summed E-state index contributed by atoms with van der Waals surface area (Å²) in [5.74, 6) is -0.228. The highest BCUT2D eigenvalue weighted by molar-refractivity contribution is 5.69. The number of rotatable bonds is 5. The number of nitrogens with zero attached hydrogens (tertiary/aromatic N) is 3. The van der Waals surface area contributed by atoms with Crippen molar-refractivity contribution >= 4 is 5.97 Å². The fraction of sp³-hybridized carbons (Fsp3) is 0.412. The van der Waals surface area contributed by atoms with E-state index in [4.69, 9.17) is 9.47 Å². The van der Waals surface area contributed by atoms with Crippen molar-refractivity contribution in [2.75, 3.05) is 26.8 Å². The Hall–Kier alpha value is -2.18. The predicted molar refractivity (Wildman–Crippen MR) is 85.2 cm³/mol. The molecule has 0 saturated carbocycles. The second kappa shape index (κ2) is 7.39. The highest BCUT2D eigenvalue weighted by Gasteiger charge is 2.23. The molecule has 2 heterocycles. The van der Waals surface area contributed by atoms with E-state index in [0.717, 1.165) is 30.9 Å². The lowest BCUT2D eigenvalue weighted by Crippen LogP contribution is -2.42. The van der Waals surface area contributed by atoms with Gasteiger partial charge in [-0.1, -0.05) is 18.2 Å². The van der Waals surface area contributed by atoms with E-state index in [1.165, 1.54) is 7.11 Å². The number of hydrogen-bond acceptors (Lipinski definition) is 5. The Morgan fingerprint density at radius 2 is 2.22 bits per heavy atom. The average molecular weight is 315 g/mol. The molecule has 6 nitrogen and oxygen atoms in total. The van der Waals surface area contributed by atoms with Crippen molar-refractivity contribution in [2.45, 2.75) is 19.1 Å². The minimum atomic E-state index is -0.228. The van der Waals surface area contributed by atoms with Crippen molar-refractivity contribution in [3.05, 3.63) is 48.3 Å². The molecule has 2 aromatic rings. The van der Waals surface area contributed by atoms with Gasteiger partial charge in [0, 0.05) is 31.4 Å². The number of para-hydroxylation sites is 1. The normalized spacial score (nSPS) is 18.7. The first-order valence-electron chi connectivity index (χ1n) is 7.74. The molecule has 1 saturated heterocycles. The Bertz CT molecular complexity index is 642. The monoisotopic (exact) mass is 315 g/mol. The highest BCUT2D eigenvalue weighted by Crippen LogP contribution is 2.14. The molecule has 3 rings (SSSR count). The van der Waals surface area contributed by atoms with Gasteiger partial charge in [0.05, 0.1) is 38.1 Å². The number of hydrogen-bond donors (Lipinski definition) is 0. The summed E-state index contributed by atoms with van der Waals surface area (Å²) in [5, 5.41) is 4.42. The average Bonchev–Trinajstić information content (AvgIpc) is 3.04. The first-order valence-corrected chi connectivity index (χ1v) is 7.74. The number of carbonyl (C=O) groups excluding carboxylic acids is 1. The fourth-order valence-electron chi connectivity index (χ4n) is 2.74. The van der Waals surface area contributed by atoms with Crippen molar-refractivity contribution in [3.63, 3.8) is 0 Å². The molecule has 0 radical (unpaired) electrons. The summed E-state index contributed by atoms with van der Waals surface area (Å²) in [7, 11) is 1.40. The molecule has 1 aromatic carbocycles. The molecule has 122 valence electrons. The van der Waals surface area contributed by atoms with Crippen LogP contribution >= 0.6 is 0 Å². The summed E-state index contributed by atoms with van der Waals surface area (Å²) >= 11 is 0. The molecule has 1 fully saturated rings. The van der Waals surface area contributed by atoms with E-state index >= 15 is 0 Å². The Balaban J connectivity index is 1.59. The number of aromatic nitrogens is 2. The summed E-state index contributed by atoms with van der Waals surface area (Å²) in [6.07, 6.45) is 4.13. The minimum absolute atomic E-state index is 0.0969. The van der Waals surface area contributed by atoms with E-state index in [2.05, 4.69) is 10.00 Å². The molecule has 0 amide bonds. The van der Waals surface area contributed by atoms with Crippen LogP contribution in [0, 0.1) is 0 Å². The van der Waals surface area contributed by atoms with Crippen molar-refractivity contribution in [3.8, 4) is 5.69 Å². The molecule has 1 aliphatic rings. The lowest BCUT2D eigenvalue weighted by molar-refractivity contribution is -0.145. The first kappa shape index (κ1) is 15.7. The lowest BCUT2D eigenvalue weighted by Gasteiger charge is -2.32. The molecule has 0 aliphatic carbocycles. The zero-order chi connectivity index (χ0) is 16.1. The van der Waals surface area contributed by atoms with Crippen LogP contribution in [0.5, 0.6) is 0 Å². The molecular formula is C17H21N3O3. The maximum absolute atomic E-state index is 11.4. The second-order valence-electron chi connectivity index (χ2n) is 5.64. The van der Waals surface area contributed by atoms with Crippen LogP contribution in [0.25, 0.3) is 5.69 Å². The van der Waals surface area contributed by atoms with Crippen LogP contribution in [0.3, 0.4) is 0 Å². The van der Waals surface area contributed by atoms with Crippen LogP contribution in [0.2, 0.25) is 0 Å². The first-order chi connectivity index (χ1) is 11.2. The molecule has 1 aliphatic heterocycles. The third kappa shape index (κ3) is 4.18. The zero-order valence-electron chi connectivity index (χ0n) is 13.2. The summed E-state index contributed by atoms with van der Waals surface area (Å²) in [6.45, 7) is 3.02. The van der Waals surface area contributed by atoms with Crippen molar-refractivity contribution < 1.29 is 14.3 Å². The van der Waals surface area contributed by atoms with Crippen molar-refractivity contribution in [1.29, 1.82) is 0 Å². The summed E-state index contributed by atoms with van der Waals surface area (Å²) < 4.78 is 12.2. The van der Waals surface area contributed by atoms with Crippen molar-refractivity contribution in [1.82, 2.24) is 14.7 Å². The van der Waals surface area contributed by atoms with E-state index in [9.17, 15) is 4.79 Å². The number of morpholine rings is 1. The van der Waals surface area contributed by atoms with E-state index in [1.54, 1.807) is 0 Å². The van der Waals surface area contributed by atoms with E-state index in [-0.39, 0.29) is 12.1 Å². The van der Waals surface area contributed by atoms with Gasteiger partial charge in [0.2, 0.25) is 0 Å². The molecular weight excluding hydrogens is 294 g/mol. The third-order valence-electron chi connectivity index (χ3n) is 3.91. The maximum atomic E-state index is 11.4. The van der Waals surface area contributed by atoms with Gasteiger partial charge >= 0.3 is 5.97 Å². The Labute approximate surface area is 135 Å². The van der Waals surface area contributed by atoms with Crippen LogP contribution in [0.4, 0.5) is 0 Å². The summed E-state index contributed by atoms with van der Waals surface area (Å²) in [5.41, 5.74) is 2.19. The van der Waals surface area contributed by atoms with Crippen LogP contribution in [-0.4, -0.2) is 53.6 Å². The predicted octanol–water partition coefficient (Wildman–Crippen LogP) is 1.64. The Kier molecular flexibility index (Phi) is 5.05. The van der Waals surface area contributed by atoms with Crippen LogP contribution in [-0.2, 0) is 20.8 Å². The smallest absolute Gasteiger partial charge is 0.308 e.